The zero-order valence-electron chi connectivity index (χ0n) is 12.2. The topological polar surface area (TPSA) is 52.7 Å². The van der Waals surface area contributed by atoms with Crippen molar-refractivity contribution in [3.63, 3.8) is 0 Å². The zero-order chi connectivity index (χ0) is 14.3. The molecular weight excluding hydrogens is 242 g/mol. The number of allylic oxidation sites excluding steroid dienone is 1. The molecule has 0 unspecified atom stereocenters. The van der Waals surface area contributed by atoms with Crippen molar-refractivity contribution < 1.29 is 9.59 Å². The molecule has 0 aromatic heterocycles. The highest BCUT2D eigenvalue weighted by Gasteiger charge is 2.18. The number of carbonyl (C=O) groups is 2. The molecule has 1 aliphatic rings. The Labute approximate surface area is 115 Å². The van der Waals surface area contributed by atoms with E-state index in [1.807, 2.05) is 24.8 Å². The minimum atomic E-state index is 0.0178. The van der Waals surface area contributed by atoms with Crippen LogP contribution in [0.4, 0.5) is 0 Å². The number of nitrogens with zero attached hydrogens (tertiary/aromatic N) is 2. The first-order valence-electron chi connectivity index (χ1n) is 6.97. The van der Waals surface area contributed by atoms with Gasteiger partial charge in [-0.1, -0.05) is 13.0 Å². The molecule has 0 aliphatic carbocycles. The van der Waals surface area contributed by atoms with Gasteiger partial charge in [-0.3, -0.25) is 14.5 Å². The Kier molecular flexibility index (Phi) is 6.56. The van der Waals surface area contributed by atoms with Crippen molar-refractivity contribution >= 4 is 11.8 Å². The van der Waals surface area contributed by atoms with Crippen molar-refractivity contribution in [2.75, 3.05) is 39.3 Å². The van der Waals surface area contributed by atoms with E-state index in [4.69, 9.17) is 0 Å². The largest absolute Gasteiger partial charge is 0.351 e. The lowest BCUT2D eigenvalue weighted by molar-refractivity contribution is -0.130. The smallest absolute Gasteiger partial charge is 0.246 e. The minimum Gasteiger partial charge on any atom is -0.351 e. The predicted octanol–water partition coefficient (Wildman–Crippen LogP) is 0.623. The lowest BCUT2D eigenvalue weighted by Gasteiger charge is -2.34. The number of nitrogens with one attached hydrogen (secondary N) is 1. The number of rotatable bonds is 5. The first kappa shape index (κ1) is 15.7. The molecule has 0 atom stereocenters. The van der Waals surface area contributed by atoms with Gasteiger partial charge in [0.25, 0.3) is 0 Å². The van der Waals surface area contributed by atoms with Crippen molar-refractivity contribution in [2.24, 2.45) is 0 Å². The highest BCUT2D eigenvalue weighted by Crippen LogP contribution is 2.01. The Bertz CT molecular complexity index is 345. The molecule has 0 spiro atoms. The van der Waals surface area contributed by atoms with Gasteiger partial charge in [-0.25, -0.2) is 0 Å². The molecule has 1 heterocycles. The van der Waals surface area contributed by atoms with E-state index in [-0.39, 0.29) is 11.8 Å². The van der Waals surface area contributed by atoms with E-state index in [1.165, 1.54) is 0 Å². The molecule has 0 radical (unpaired) electrons. The van der Waals surface area contributed by atoms with E-state index in [9.17, 15) is 9.59 Å². The molecule has 2 amide bonds. The molecule has 1 rings (SSSR count). The average molecular weight is 267 g/mol. The van der Waals surface area contributed by atoms with E-state index in [0.717, 1.165) is 44.7 Å². The van der Waals surface area contributed by atoms with Crippen LogP contribution in [0, 0.1) is 0 Å². The van der Waals surface area contributed by atoms with Crippen molar-refractivity contribution in [3.05, 3.63) is 11.6 Å². The standard InChI is InChI=1S/C14H25N3O2/c1-4-5-12(2)14(19)15-6-7-16-8-10-17(11-9-16)13(3)18/h5H,4,6-11H2,1-3H3,(H,15,19)/b12-5-. The summed E-state index contributed by atoms with van der Waals surface area (Å²) in [7, 11) is 0. The Hall–Kier alpha value is -1.36. The van der Waals surface area contributed by atoms with Crippen LogP contribution in [0.25, 0.3) is 0 Å². The van der Waals surface area contributed by atoms with Crippen LogP contribution in [0.15, 0.2) is 11.6 Å². The normalized spacial score (nSPS) is 17.4. The molecule has 1 fully saturated rings. The Morgan fingerprint density at radius 1 is 1.16 bits per heavy atom. The van der Waals surface area contributed by atoms with Gasteiger partial charge in [-0.2, -0.15) is 0 Å². The maximum absolute atomic E-state index is 11.7. The Morgan fingerprint density at radius 3 is 2.32 bits per heavy atom. The predicted molar refractivity (Wildman–Crippen MR) is 75.8 cm³/mol. The molecule has 5 heteroatoms. The van der Waals surface area contributed by atoms with Crippen LogP contribution in [0.1, 0.15) is 27.2 Å². The fraction of sp³-hybridized carbons (Fsp3) is 0.714. The number of amides is 2. The fourth-order valence-electron chi connectivity index (χ4n) is 2.15. The third kappa shape index (κ3) is 5.42. The van der Waals surface area contributed by atoms with Crippen LogP contribution in [0.5, 0.6) is 0 Å². The second-order valence-corrected chi connectivity index (χ2v) is 4.90. The molecule has 108 valence electrons. The summed E-state index contributed by atoms with van der Waals surface area (Å²) in [6.45, 7) is 10.3. The second-order valence-electron chi connectivity index (χ2n) is 4.90. The SMILES string of the molecule is CC/C=C(/C)C(=O)NCCN1CCN(C(C)=O)CC1. The third-order valence-electron chi connectivity index (χ3n) is 3.40. The third-order valence-corrected chi connectivity index (χ3v) is 3.40. The van der Waals surface area contributed by atoms with Gasteiger partial charge < -0.3 is 10.2 Å². The highest BCUT2D eigenvalue weighted by molar-refractivity contribution is 5.92. The quantitative estimate of drug-likeness (QED) is 0.743. The first-order valence-corrected chi connectivity index (χ1v) is 6.97. The fourth-order valence-corrected chi connectivity index (χ4v) is 2.15. The lowest BCUT2D eigenvalue weighted by Crippen LogP contribution is -2.49. The van der Waals surface area contributed by atoms with Crippen molar-refractivity contribution in [3.8, 4) is 0 Å². The Balaban J connectivity index is 2.19. The van der Waals surface area contributed by atoms with Gasteiger partial charge in [0.1, 0.15) is 0 Å². The van der Waals surface area contributed by atoms with E-state index in [0.29, 0.717) is 6.54 Å². The zero-order valence-corrected chi connectivity index (χ0v) is 12.2. The minimum absolute atomic E-state index is 0.0178. The van der Waals surface area contributed by atoms with Crippen LogP contribution in [-0.2, 0) is 9.59 Å². The molecule has 1 aliphatic heterocycles. The molecule has 0 bridgehead atoms. The molecule has 0 saturated carbocycles. The van der Waals surface area contributed by atoms with Crippen LogP contribution in [0.3, 0.4) is 0 Å². The number of carbonyl (C=O) groups excluding carboxylic acids is 2. The maximum Gasteiger partial charge on any atom is 0.246 e. The number of piperazine rings is 1. The summed E-state index contributed by atoms with van der Waals surface area (Å²) in [5, 5.41) is 2.92. The van der Waals surface area contributed by atoms with E-state index in [2.05, 4.69) is 10.2 Å². The second kappa shape index (κ2) is 7.94. The summed E-state index contributed by atoms with van der Waals surface area (Å²) in [4.78, 5) is 27.0. The van der Waals surface area contributed by atoms with Crippen LogP contribution in [0.2, 0.25) is 0 Å². The molecular formula is C14H25N3O2. The highest BCUT2D eigenvalue weighted by atomic mass is 16.2. The van der Waals surface area contributed by atoms with Gasteiger partial charge in [0.2, 0.25) is 11.8 Å². The summed E-state index contributed by atoms with van der Waals surface area (Å²) in [5.74, 6) is 0.164. The average Bonchev–Trinajstić information content (AvgIpc) is 2.39. The lowest BCUT2D eigenvalue weighted by atomic mass is 10.2. The monoisotopic (exact) mass is 267 g/mol. The van der Waals surface area contributed by atoms with Crippen LogP contribution < -0.4 is 5.32 Å². The summed E-state index contributed by atoms with van der Waals surface area (Å²) in [6, 6.07) is 0. The van der Waals surface area contributed by atoms with Gasteiger partial charge in [-0.05, 0) is 13.3 Å². The van der Waals surface area contributed by atoms with Gasteiger partial charge in [0.05, 0.1) is 0 Å². The van der Waals surface area contributed by atoms with E-state index < -0.39 is 0 Å². The summed E-state index contributed by atoms with van der Waals surface area (Å²) in [5.41, 5.74) is 0.781. The molecule has 19 heavy (non-hydrogen) atoms. The van der Waals surface area contributed by atoms with E-state index >= 15 is 0 Å². The summed E-state index contributed by atoms with van der Waals surface area (Å²) in [6.07, 6.45) is 2.81. The molecule has 1 N–H and O–H groups in total. The maximum atomic E-state index is 11.7. The van der Waals surface area contributed by atoms with Crippen molar-refractivity contribution in [1.82, 2.24) is 15.1 Å². The van der Waals surface area contributed by atoms with Crippen LogP contribution >= 0.6 is 0 Å². The summed E-state index contributed by atoms with van der Waals surface area (Å²) < 4.78 is 0. The van der Waals surface area contributed by atoms with Crippen molar-refractivity contribution in [2.45, 2.75) is 27.2 Å². The van der Waals surface area contributed by atoms with Gasteiger partial charge >= 0.3 is 0 Å². The first-order chi connectivity index (χ1) is 9.04. The summed E-state index contributed by atoms with van der Waals surface area (Å²) >= 11 is 0. The van der Waals surface area contributed by atoms with Crippen molar-refractivity contribution in [1.29, 1.82) is 0 Å². The number of hydrogen-bond donors (Lipinski definition) is 1. The van der Waals surface area contributed by atoms with Gasteiger partial charge in [-0.15, -0.1) is 0 Å². The molecule has 0 aromatic carbocycles. The molecule has 1 saturated heterocycles. The number of hydrogen-bond acceptors (Lipinski definition) is 3. The molecule has 0 aromatic rings. The van der Waals surface area contributed by atoms with Gasteiger partial charge in [0, 0.05) is 51.8 Å². The van der Waals surface area contributed by atoms with Crippen LogP contribution in [-0.4, -0.2) is 60.9 Å². The Morgan fingerprint density at radius 2 is 1.79 bits per heavy atom. The van der Waals surface area contributed by atoms with E-state index in [1.54, 1.807) is 6.92 Å². The van der Waals surface area contributed by atoms with Gasteiger partial charge in [0.15, 0.2) is 0 Å². The molecule has 5 nitrogen and oxygen atoms in total.